The van der Waals surface area contributed by atoms with E-state index in [1.165, 1.54) is 48.3 Å². The van der Waals surface area contributed by atoms with Crippen LogP contribution in [0.4, 0.5) is 5.69 Å². The highest BCUT2D eigenvalue weighted by molar-refractivity contribution is 7.19. The number of hydrogen-bond donors (Lipinski definition) is 0. The van der Waals surface area contributed by atoms with Crippen molar-refractivity contribution < 1.29 is 0 Å². The lowest BCUT2D eigenvalue weighted by atomic mass is 10.1. The van der Waals surface area contributed by atoms with Crippen LogP contribution in [0, 0.1) is 0 Å². The molecule has 1 fully saturated rings. The number of para-hydroxylation sites is 1. The van der Waals surface area contributed by atoms with E-state index in [1.807, 2.05) is 6.07 Å². The lowest BCUT2D eigenvalue weighted by Gasteiger charge is -2.28. The van der Waals surface area contributed by atoms with Gasteiger partial charge < -0.3 is 4.90 Å². The van der Waals surface area contributed by atoms with E-state index in [0.717, 1.165) is 10.5 Å². The van der Waals surface area contributed by atoms with Crippen LogP contribution in [0.3, 0.4) is 0 Å². The van der Waals surface area contributed by atoms with Crippen LogP contribution in [0.2, 0.25) is 0 Å². The second-order valence-corrected chi connectivity index (χ2v) is 7.05. The van der Waals surface area contributed by atoms with Crippen molar-refractivity contribution in [2.24, 2.45) is 0 Å². The Morgan fingerprint density at radius 1 is 0.870 bits per heavy atom. The summed E-state index contributed by atoms with van der Waals surface area (Å²) in [6.45, 7) is 2.39. The summed E-state index contributed by atoms with van der Waals surface area (Å²) in [5.41, 5.74) is 3.66. The minimum absolute atomic E-state index is 1.06. The fourth-order valence-corrected chi connectivity index (χ4v) is 3.95. The number of thiazole rings is 1. The van der Waals surface area contributed by atoms with Crippen LogP contribution in [0.15, 0.2) is 48.5 Å². The van der Waals surface area contributed by atoms with E-state index in [1.54, 1.807) is 11.3 Å². The first-order valence-electron chi connectivity index (χ1n) is 8.27. The lowest BCUT2D eigenvalue weighted by molar-refractivity contribution is 0.578. The maximum absolute atomic E-state index is 4.64. The summed E-state index contributed by atoms with van der Waals surface area (Å²) in [5, 5.41) is 1.06. The van der Waals surface area contributed by atoms with Crippen molar-refractivity contribution in [2.75, 3.05) is 18.0 Å². The maximum atomic E-state index is 4.64. The predicted octanol–water partition coefficient (Wildman–Crippen LogP) is 5.46. The Morgan fingerprint density at radius 2 is 1.65 bits per heavy atom. The SMILES string of the molecule is C(=C\c1nc2ccccc2s1)/c1ccc(N2CCCCC2)cc1. The summed E-state index contributed by atoms with van der Waals surface area (Å²) in [4.78, 5) is 7.13. The minimum Gasteiger partial charge on any atom is -0.372 e. The number of hydrogen-bond acceptors (Lipinski definition) is 3. The Labute approximate surface area is 141 Å². The van der Waals surface area contributed by atoms with Crippen molar-refractivity contribution in [1.29, 1.82) is 0 Å². The summed E-state index contributed by atoms with van der Waals surface area (Å²) >= 11 is 1.74. The summed E-state index contributed by atoms with van der Waals surface area (Å²) in [5.74, 6) is 0. The molecule has 0 aliphatic carbocycles. The van der Waals surface area contributed by atoms with Crippen LogP contribution in [-0.4, -0.2) is 18.1 Å². The molecule has 2 heterocycles. The molecule has 3 heteroatoms. The highest BCUT2D eigenvalue weighted by atomic mass is 32.1. The zero-order valence-electron chi connectivity index (χ0n) is 13.1. The van der Waals surface area contributed by atoms with Gasteiger partial charge in [0, 0.05) is 18.8 Å². The van der Waals surface area contributed by atoms with Gasteiger partial charge in [0.05, 0.1) is 10.2 Å². The van der Waals surface area contributed by atoms with Gasteiger partial charge in [0.25, 0.3) is 0 Å². The number of fused-ring (bicyclic) bond motifs is 1. The molecule has 1 aliphatic heterocycles. The van der Waals surface area contributed by atoms with Crippen LogP contribution >= 0.6 is 11.3 Å². The van der Waals surface area contributed by atoms with E-state index >= 15 is 0 Å². The average molecular weight is 320 g/mol. The zero-order valence-corrected chi connectivity index (χ0v) is 13.9. The normalized spacial score (nSPS) is 15.6. The standard InChI is InChI=1S/C20H20N2S/c1-4-14-22(15-5-1)17-11-8-16(9-12-17)10-13-20-21-18-6-2-3-7-19(18)23-20/h2-3,6-13H,1,4-5,14-15H2/b13-10+. The molecule has 1 saturated heterocycles. The Hall–Kier alpha value is -2.13. The van der Waals surface area contributed by atoms with E-state index in [9.17, 15) is 0 Å². The molecular weight excluding hydrogens is 300 g/mol. The predicted molar refractivity (Wildman–Crippen MR) is 101 cm³/mol. The highest BCUT2D eigenvalue weighted by Crippen LogP contribution is 2.24. The first kappa shape index (κ1) is 14.5. The topological polar surface area (TPSA) is 16.1 Å². The molecule has 0 unspecified atom stereocenters. The zero-order chi connectivity index (χ0) is 15.5. The van der Waals surface area contributed by atoms with Gasteiger partial charge in [-0.15, -0.1) is 11.3 Å². The molecule has 0 spiro atoms. The fraction of sp³-hybridized carbons (Fsp3) is 0.250. The molecule has 0 bridgehead atoms. The van der Waals surface area contributed by atoms with Gasteiger partial charge in [-0.3, -0.25) is 0 Å². The van der Waals surface area contributed by atoms with Gasteiger partial charge in [0.1, 0.15) is 5.01 Å². The fourth-order valence-electron chi connectivity index (χ4n) is 3.08. The molecule has 0 saturated carbocycles. The van der Waals surface area contributed by atoms with Gasteiger partial charge in [0.15, 0.2) is 0 Å². The van der Waals surface area contributed by atoms with E-state index < -0.39 is 0 Å². The molecule has 2 aromatic carbocycles. The quantitative estimate of drug-likeness (QED) is 0.637. The second kappa shape index (κ2) is 6.55. The number of anilines is 1. The third-order valence-corrected chi connectivity index (χ3v) is 5.34. The van der Waals surface area contributed by atoms with Crippen molar-refractivity contribution in [3.8, 4) is 0 Å². The largest absolute Gasteiger partial charge is 0.372 e. The van der Waals surface area contributed by atoms with Crippen LogP contribution in [-0.2, 0) is 0 Å². The number of nitrogens with zero attached hydrogens (tertiary/aromatic N) is 2. The molecule has 1 aromatic heterocycles. The number of benzene rings is 2. The third kappa shape index (κ3) is 3.30. The highest BCUT2D eigenvalue weighted by Gasteiger charge is 2.10. The average Bonchev–Trinajstić information content (AvgIpc) is 3.04. The lowest BCUT2D eigenvalue weighted by Crippen LogP contribution is -2.29. The Kier molecular flexibility index (Phi) is 4.12. The molecule has 116 valence electrons. The first-order chi connectivity index (χ1) is 11.4. The number of aromatic nitrogens is 1. The molecule has 0 atom stereocenters. The molecule has 0 N–H and O–H groups in total. The molecule has 2 nitrogen and oxygen atoms in total. The Morgan fingerprint density at radius 3 is 2.43 bits per heavy atom. The van der Waals surface area contributed by atoms with Gasteiger partial charge in [-0.25, -0.2) is 4.98 Å². The monoisotopic (exact) mass is 320 g/mol. The molecule has 4 rings (SSSR count). The summed E-state index contributed by atoms with van der Waals surface area (Å²) < 4.78 is 1.24. The van der Waals surface area contributed by atoms with Crippen molar-refractivity contribution in [2.45, 2.75) is 19.3 Å². The van der Waals surface area contributed by atoms with Crippen molar-refractivity contribution in [3.63, 3.8) is 0 Å². The van der Waals surface area contributed by atoms with Gasteiger partial charge in [-0.1, -0.05) is 30.3 Å². The second-order valence-electron chi connectivity index (χ2n) is 5.99. The minimum atomic E-state index is 1.06. The van der Waals surface area contributed by atoms with Crippen molar-refractivity contribution in [3.05, 3.63) is 59.1 Å². The molecular formula is C20H20N2S. The number of rotatable bonds is 3. The van der Waals surface area contributed by atoms with Gasteiger partial charge >= 0.3 is 0 Å². The summed E-state index contributed by atoms with van der Waals surface area (Å²) in [6.07, 6.45) is 8.27. The maximum Gasteiger partial charge on any atom is 0.117 e. The number of piperidine rings is 1. The van der Waals surface area contributed by atoms with Gasteiger partial charge in [-0.2, -0.15) is 0 Å². The van der Waals surface area contributed by atoms with Crippen LogP contribution in [0.25, 0.3) is 22.4 Å². The Balaban J connectivity index is 1.49. The third-order valence-electron chi connectivity index (χ3n) is 4.34. The van der Waals surface area contributed by atoms with E-state index in [-0.39, 0.29) is 0 Å². The molecule has 0 radical (unpaired) electrons. The Bertz CT molecular complexity index is 778. The van der Waals surface area contributed by atoms with Crippen molar-refractivity contribution in [1.82, 2.24) is 4.98 Å². The van der Waals surface area contributed by atoms with Crippen molar-refractivity contribution >= 4 is 39.4 Å². The van der Waals surface area contributed by atoms with Gasteiger partial charge in [-0.05, 0) is 55.2 Å². The van der Waals surface area contributed by atoms with Crippen LogP contribution in [0.5, 0.6) is 0 Å². The molecule has 3 aromatic rings. The molecule has 1 aliphatic rings. The molecule has 0 amide bonds. The van der Waals surface area contributed by atoms with Crippen LogP contribution in [0.1, 0.15) is 29.8 Å². The first-order valence-corrected chi connectivity index (χ1v) is 9.09. The van der Waals surface area contributed by atoms with Crippen LogP contribution < -0.4 is 4.90 Å². The van der Waals surface area contributed by atoms with E-state index in [2.05, 4.69) is 64.5 Å². The molecule has 23 heavy (non-hydrogen) atoms. The van der Waals surface area contributed by atoms with E-state index in [4.69, 9.17) is 0 Å². The summed E-state index contributed by atoms with van der Waals surface area (Å²) in [7, 11) is 0. The smallest absolute Gasteiger partial charge is 0.117 e. The van der Waals surface area contributed by atoms with Gasteiger partial charge in [0.2, 0.25) is 0 Å². The summed E-state index contributed by atoms with van der Waals surface area (Å²) in [6, 6.07) is 17.2. The van der Waals surface area contributed by atoms with E-state index in [0.29, 0.717) is 0 Å².